The van der Waals surface area contributed by atoms with Gasteiger partial charge in [-0.25, -0.2) is 8.42 Å². The first-order chi connectivity index (χ1) is 16.7. The molecule has 7 nitrogen and oxygen atoms in total. The topological polar surface area (TPSA) is 78.7 Å². The van der Waals surface area contributed by atoms with Gasteiger partial charge in [-0.3, -0.25) is 5.43 Å². The molecule has 0 saturated heterocycles. The molecule has 0 aliphatic heterocycles. The van der Waals surface area contributed by atoms with Gasteiger partial charge in [-0.05, 0) is 66.9 Å². The van der Waals surface area contributed by atoms with Crippen molar-refractivity contribution in [1.82, 2.24) is 14.3 Å². The van der Waals surface area contributed by atoms with Crippen LogP contribution in [0, 0.1) is 0 Å². The van der Waals surface area contributed by atoms with Crippen molar-refractivity contribution in [1.29, 1.82) is 0 Å². The van der Waals surface area contributed by atoms with Crippen molar-refractivity contribution in [2.24, 2.45) is 12.1 Å². The summed E-state index contributed by atoms with van der Waals surface area (Å²) in [5.74, 6) is 0.469. The van der Waals surface area contributed by atoms with Crippen LogP contribution in [0.1, 0.15) is 57.6 Å². The van der Waals surface area contributed by atoms with E-state index in [4.69, 9.17) is 12.2 Å². The van der Waals surface area contributed by atoms with E-state index in [9.17, 15) is 8.42 Å². The molecular formula is C26H35N5O2S2. The molecule has 0 amide bonds. The first kappa shape index (κ1) is 26.8. The number of aromatic nitrogens is 1. The van der Waals surface area contributed by atoms with Crippen LogP contribution in [0.2, 0.25) is 0 Å². The molecule has 9 heteroatoms. The number of thiocarbonyl (C=S) groups is 1. The molecule has 2 N–H and O–H groups in total. The average molecular weight is 514 g/mol. The van der Waals surface area contributed by atoms with Crippen LogP contribution in [-0.4, -0.2) is 41.7 Å². The molecule has 0 saturated carbocycles. The summed E-state index contributed by atoms with van der Waals surface area (Å²) in [7, 11) is -1.64. The maximum atomic E-state index is 13.3. The summed E-state index contributed by atoms with van der Waals surface area (Å²) in [6.45, 7) is 9.29. The highest BCUT2D eigenvalue weighted by Gasteiger charge is 2.24. The van der Waals surface area contributed by atoms with Gasteiger partial charge >= 0.3 is 0 Å². The molecule has 0 atom stereocenters. The van der Waals surface area contributed by atoms with Gasteiger partial charge in [-0.15, -0.1) is 0 Å². The third kappa shape index (κ3) is 6.48. The predicted molar refractivity (Wildman–Crippen MR) is 150 cm³/mol. The summed E-state index contributed by atoms with van der Waals surface area (Å²) in [5.41, 5.74) is 6.71. The van der Waals surface area contributed by atoms with Crippen molar-refractivity contribution in [3.8, 4) is 0 Å². The standard InChI is InChI=1S/C26H35N5O2S2/c1-6-14-31(15-7-2)35(32,33)23-12-13-25-24(16-23)21(18-30(25)5)17-27-29-26(34)28-22-10-8-20(9-11-22)19(3)4/h8-13,16-19H,6-7,14-15H2,1-5H3,(H2,28,29,34)/b27-17-. The number of sulfonamides is 1. The fraction of sp³-hybridized carbons (Fsp3) is 0.385. The van der Waals surface area contributed by atoms with Crippen LogP contribution in [0.25, 0.3) is 10.9 Å². The predicted octanol–water partition coefficient (Wildman–Crippen LogP) is 5.43. The van der Waals surface area contributed by atoms with Gasteiger partial charge < -0.3 is 9.88 Å². The Kier molecular flexibility index (Phi) is 9.04. The number of rotatable bonds is 10. The number of aryl methyl sites for hydroxylation is 1. The molecule has 0 aliphatic rings. The highest BCUT2D eigenvalue weighted by molar-refractivity contribution is 7.89. The molecule has 3 rings (SSSR count). The van der Waals surface area contributed by atoms with E-state index in [0.717, 1.165) is 35.0 Å². The van der Waals surface area contributed by atoms with Gasteiger partial charge in [0.1, 0.15) is 0 Å². The molecule has 0 spiro atoms. The van der Waals surface area contributed by atoms with E-state index in [-0.39, 0.29) is 0 Å². The van der Waals surface area contributed by atoms with Crippen LogP contribution in [0.15, 0.2) is 58.7 Å². The zero-order valence-corrected chi connectivity index (χ0v) is 22.7. The normalized spacial score (nSPS) is 12.2. The number of anilines is 1. The lowest BCUT2D eigenvalue weighted by atomic mass is 10.0. The van der Waals surface area contributed by atoms with Crippen molar-refractivity contribution in [3.63, 3.8) is 0 Å². The van der Waals surface area contributed by atoms with Gasteiger partial charge in [0.05, 0.1) is 11.1 Å². The number of nitrogens with one attached hydrogen (secondary N) is 2. The summed E-state index contributed by atoms with van der Waals surface area (Å²) in [6, 6.07) is 13.4. The quantitative estimate of drug-likeness (QED) is 0.215. The third-order valence-corrected chi connectivity index (χ3v) is 7.87. The molecule has 1 heterocycles. The van der Waals surface area contributed by atoms with E-state index in [0.29, 0.717) is 29.0 Å². The number of hydrogen-bond donors (Lipinski definition) is 2. The lowest BCUT2D eigenvalue weighted by Gasteiger charge is -2.21. The lowest BCUT2D eigenvalue weighted by molar-refractivity contribution is 0.410. The molecule has 0 bridgehead atoms. The first-order valence-electron chi connectivity index (χ1n) is 12.0. The minimum Gasteiger partial charge on any atom is -0.350 e. The van der Waals surface area contributed by atoms with Crippen molar-refractivity contribution in [2.45, 2.75) is 51.3 Å². The summed E-state index contributed by atoms with van der Waals surface area (Å²) in [6.07, 6.45) is 5.12. The van der Waals surface area contributed by atoms with Crippen LogP contribution in [-0.2, 0) is 17.1 Å². The number of hydrazone groups is 1. The van der Waals surface area contributed by atoms with E-state index in [2.05, 4.69) is 41.8 Å². The van der Waals surface area contributed by atoms with Crippen molar-refractivity contribution in [2.75, 3.05) is 18.4 Å². The van der Waals surface area contributed by atoms with E-state index in [1.165, 1.54) is 5.56 Å². The fourth-order valence-electron chi connectivity index (χ4n) is 3.94. The summed E-state index contributed by atoms with van der Waals surface area (Å²) in [5, 5.41) is 8.59. The smallest absolute Gasteiger partial charge is 0.243 e. The Bertz CT molecular complexity index is 1290. The molecule has 188 valence electrons. The van der Waals surface area contributed by atoms with E-state index < -0.39 is 10.0 Å². The molecule has 35 heavy (non-hydrogen) atoms. The monoisotopic (exact) mass is 513 g/mol. The molecule has 3 aromatic rings. The molecular weight excluding hydrogens is 478 g/mol. The Balaban J connectivity index is 1.78. The summed E-state index contributed by atoms with van der Waals surface area (Å²) >= 11 is 5.36. The van der Waals surface area contributed by atoms with Crippen molar-refractivity contribution in [3.05, 3.63) is 59.8 Å². The van der Waals surface area contributed by atoms with Gasteiger partial charge in [0.15, 0.2) is 5.11 Å². The lowest BCUT2D eigenvalue weighted by Crippen LogP contribution is -2.32. The Hall–Kier alpha value is -2.75. The second-order valence-electron chi connectivity index (χ2n) is 8.88. The average Bonchev–Trinajstić information content (AvgIpc) is 3.14. The Morgan fingerprint density at radius 1 is 1.11 bits per heavy atom. The molecule has 0 unspecified atom stereocenters. The third-order valence-electron chi connectivity index (χ3n) is 5.78. The summed E-state index contributed by atoms with van der Waals surface area (Å²) < 4.78 is 30.0. The first-order valence-corrected chi connectivity index (χ1v) is 13.8. The Morgan fingerprint density at radius 2 is 1.77 bits per heavy atom. The minimum atomic E-state index is -3.57. The van der Waals surface area contributed by atoms with Gasteiger partial charge in [0.25, 0.3) is 0 Å². The minimum absolute atomic E-state index is 0.294. The van der Waals surface area contributed by atoms with E-state index in [1.54, 1.807) is 22.7 Å². The van der Waals surface area contributed by atoms with Crippen LogP contribution < -0.4 is 10.7 Å². The highest BCUT2D eigenvalue weighted by atomic mass is 32.2. The van der Waals surface area contributed by atoms with Gasteiger partial charge in [0.2, 0.25) is 10.0 Å². The van der Waals surface area contributed by atoms with Crippen molar-refractivity contribution >= 4 is 50.2 Å². The van der Waals surface area contributed by atoms with E-state index >= 15 is 0 Å². The number of fused-ring (bicyclic) bond motifs is 1. The Morgan fingerprint density at radius 3 is 2.37 bits per heavy atom. The molecule has 0 radical (unpaired) electrons. The van der Waals surface area contributed by atoms with E-state index in [1.807, 2.05) is 49.9 Å². The number of benzene rings is 2. The summed E-state index contributed by atoms with van der Waals surface area (Å²) in [4.78, 5) is 0.294. The molecule has 0 fully saturated rings. The van der Waals surface area contributed by atoms with Crippen LogP contribution in [0.4, 0.5) is 5.69 Å². The Labute approximate surface area is 214 Å². The van der Waals surface area contributed by atoms with Gasteiger partial charge in [-0.2, -0.15) is 9.41 Å². The maximum absolute atomic E-state index is 13.3. The maximum Gasteiger partial charge on any atom is 0.243 e. The van der Waals surface area contributed by atoms with Gasteiger partial charge in [-0.1, -0.05) is 39.8 Å². The van der Waals surface area contributed by atoms with Crippen molar-refractivity contribution < 1.29 is 8.42 Å². The van der Waals surface area contributed by atoms with Gasteiger partial charge in [0, 0.05) is 48.5 Å². The molecule has 0 aliphatic carbocycles. The number of hydrogen-bond acceptors (Lipinski definition) is 4. The highest BCUT2D eigenvalue weighted by Crippen LogP contribution is 2.25. The largest absolute Gasteiger partial charge is 0.350 e. The molecule has 2 aromatic carbocycles. The van der Waals surface area contributed by atoms with Crippen LogP contribution in [0.3, 0.4) is 0 Å². The number of nitrogens with zero attached hydrogens (tertiary/aromatic N) is 3. The second-order valence-corrected chi connectivity index (χ2v) is 11.2. The van der Waals surface area contributed by atoms with Crippen LogP contribution >= 0.6 is 12.2 Å². The van der Waals surface area contributed by atoms with Crippen LogP contribution in [0.5, 0.6) is 0 Å². The second kappa shape index (κ2) is 11.8. The zero-order chi connectivity index (χ0) is 25.6. The fourth-order valence-corrected chi connectivity index (χ4v) is 5.76. The SMILES string of the molecule is CCCN(CCC)S(=O)(=O)c1ccc2c(c1)c(/C=N\NC(=S)Nc1ccc(C(C)C)cc1)cn2C. The zero-order valence-electron chi connectivity index (χ0n) is 21.1. The molecule has 1 aromatic heterocycles.